The van der Waals surface area contributed by atoms with Crippen molar-refractivity contribution in [3.05, 3.63) is 66.0 Å². The molecule has 2 aromatic rings. The van der Waals surface area contributed by atoms with E-state index in [0.29, 0.717) is 11.8 Å². The summed E-state index contributed by atoms with van der Waals surface area (Å²) in [5.74, 6) is 2.24. The molecular weight excluding hydrogens is 284 g/mol. The summed E-state index contributed by atoms with van der Waals surface area (Å²) >= 11 is 0. The van der Waals surface area contributed by atoms with Crippen LogP contribution in [-0.4, -0.2) is 28.9 Å². The summed E-state index contributed by atoms with van der Waals surface area (Å²) in [6, 6.07) is 14.4. The van der Waals surface area contributed by atoms with Crippen molar-refractivity contribution in [1.29, 1.82) is 0 Å². The van der Waals surface area contributed by atoms with E-state index in [1.165, 1.54) is 18.4 Å². The Morgan fingerprint density at radius 1 is 1.04 bits per heavy atom. The van der Waals surface area contributed by atoms with Crippen LogP contribution in [0.15, 0.2) is 54.9 Å². The molecule has 3 nitrogen and oxygen atoms in total. The summed E-state index contributed by atoms with van der Waals surface area (Å²) in [4.78, 5) is 18.7. The number of rotatable bonds is 3. The molecule has 1 amide bonds. The van der Waals surface area contributed by atoms with Crippen LogP contribution in [0.5, 0.6) is 0 Å². The van der Waals surface area contributed by atoms with E-state index in [1.54, 1.807) is 12.4 Å². The van der Waals surface area contributed by atoms with Gasteiger partial charge >= 0.3 is 0 Å². The lowest BCUT2D eigenvalue weighted by Gasteiger charge is -2.21. The molecule has 1 saturated heterocycles. The van der Waals surface area contributed by atoms with Crippen molar-refractivity contribution in [3.63, 3.8) is 0 Å². The highest BCUT2D eigenvalue weighted by Gasteiger charge is 2.43. The van der Waals surface area contributed by atoms with Gasteiger partial charge in [-0.25, -0.2) is 0 Å². The monoisotopic (exact) mass is 306 g/mol. The van der Waals surface area contributed by atoms with Crippen molar-refractivity contribution in [2.45, 2.75) is 19.3 Å². The molecule has 2 fully saturated rings. The van der Waals surface area contributed by atoms with Gasteiger partial charge in [-0.1, -0.05) is 30.3 Å². The quantitative estimate of drug-likeness (QED) is 0.870. The first-order valence-electron chi connectivity index (χ1n) is 8.54. The van der Waals surface area contributed by atoms with Crippen LogP contribution in [0.2, 0.25) is 0 Å². The first-order chi connectivity index (χ1) is 11.3. The number of amides is 1. The van der Waals surface area contributed by atoms with Crippen molar-refractivity contribution < 1.29 is 4.79 Å². The van der Waals surface area contributed by atoms with Crippen LogP contribution < -0.4 is 0 Å². The Kier molecular flexibility index (Phi) is 3.86. The van der Waals surface area contributed by atoms with Crippen LogP contribution in [0.25, 0.3) is 0 Å². The molecule has 3 atom stereocenters. The maximum Gasteiger partial charge on any atom is 0.253 e. The third-order valence-corrected chi connectivity index (χ3v) is 5.56. The topological polar surface area (TPSA) is 33.2 Å². The molecule has 3 heteroatoms. The molecular formula is C20H22N2O. The van der Waals surface area contributed by atoms with Crippen molar-refractivity contribution in [1.82, 2.24) is 9.88 Å². The number of carbonyl (C=O) groups excluding carboxylic acids is 1. The predicted molar refractivity (Wildman–Crippen MR) is 90.0 cm³/mol. The lowest BCUT2D eigenvalue weighted by Crippen LogP contribution is -2.30. The highest BCUT2D eigenvalue weighted by molar-refractivity contribution is 5.94. The second-order valence-corrected chi connectivity index (χ2v) is 6.90. The molecule has 0 spiro atoms. The number of carbonyl (C=O) groups is 1. The molecule has 2 heterocycles. The van der Waals surface area contributed by atoms with Gasteiger partial charge in [0, 0.05) is 31.0 Å². The lowest BCUT2D eigenvalue weighted by molar-refractivity contribution is 0.0776. The van der Waals surface area contributed by atoms with Gasteiger partial charge in [-0.15, -0.1) is 0 Å². The number of benzene rings is 1. The molecule has 0 radical (unpaired) electrons. The SMILES string of the molecule is O=C(c1ccncc1)N1C[C@H]2CC[C@H](Cc3ccccc3)[C@H]2C1. The van der Waals surface area contributed by atoms with Crippen molar-refractivity contribution in [2.24, 2.45) is 17.8 Å². The van der Waals surface area contributed by atoms with Gasteiger partial charge in [0.25, 0.3) is 5.91 Å². The summed E-state index contributed by atoms with van der Waals surface area (Å²) in [7, 11) is 0. The third kappa shape index (κ3) is 2.88. The summed E-state index contributed by atoms with van der Waals surface area (Å²) in [5, 5.41) is 0. The number of nitrogens with zero attached hydrogens (tertiary/aromatic N) is 2. The van der Waals surface area contributed by atoms with E-state index in [-0.39, 0.29) is 5.91 Å². The first-order valence-corrected chi connectivity index (χ1v) is 8.54. The fourth-order valence-corrected chi connectivity index (χ4v) is 4.39. The lowest BCUT2D eigenvalue weighted by atomic mass is 9.87. The van der Waals surface area contributed by atoms with Gasteiger partial charge in [0.2, 0.25) is 0 Å². The van der Waals surface area contributed by atoms with Crippen molar-refractivity contribution in [3.8, 4) is 0 Å². The van der Waals surface area contributed by atoms with Crippen LogP contribution in [0.1, 0.15) is 28.8 Å². The first kappa shape index (κ1) is 14.4. The van der Waals surface area contributed by atoms with Crippen LogP contribution >= 0.6 is 0 Å². The fraction of sp³-hybridized carbons (Fsp3) is 0.400. The molecule has 2 aliphatic rings. The number of pyridine rings is 1. The highest BCUT2D eigenvalue weighted by atomic mass is 16.2. The summed E-state index contributed by atoms with van der Waals surface area (Å²) < 4.78 is 0. The standard InChI is InChI=1S/C20H22N2O/c23-20(16-8-10-21-11-9-16)22-13-18-7-6-17(19(18)14-22)12-15-4-2-1-3-5-15/h1-5,8-11,17-19H,6-7,12-14H2/t17-,18-,19-/m1/s1. The number of aromatic nitrogens is 1. The maximum absolute atomic E-state index is 12.6. The summed E-state index contributed by atoms with van der Waals surface area (Å²) in [6.07, 6.45) is 7.12. The minimum absolute atomic E-state index is 0.167. The minimum Gasteiger partial charge on any atom is -0.338 e. The van der Waals surface area contributed by atoms with E-state index in [4.69, 9.17) is 0 Å². The zero-order valence-electron chi connectivity index (χ0n) is 13.3. The van der Waals surface area contributed by atoms with Crippen LogP contribution in [-0.2, 0) is 6.42 Å². The number of hydrogen-bond acceptors (Lipinski definition) is 2. The van der Waals surface area contributed by atoms with Gasteiger partial charge in [0.15, 0.2) is 0 Å². The van der Waals surface area contributed by atoms with Gasteiger partial charge in [-0.2, -0.15) is 0 Å². The zero-order chi connectivity index (χ0) is 15.6. The van der Waals surface area contributed by atoms with Crippen molar-refractivity contribution in [2.75, 3.05) is 13.1 Å². The van der Waals surface area contributed by atoms with Crippen LogP contribution in [0, 0.1) is 17.8 Å². The van der Waals surface area contributed by atoms with Gasteiger partial charge in [-0.3, -0.25) is 9.78 Å². The fourth-order valence-electron chi connectivity index (χ4n) is 4.39. The molecule has 1 aromatic carbocycles. The Hall–Kier alpha value is -2.16. The Labute approximate surface area is 137 Å². The minimum atomic E-state index is 0.167. The third-order valence-electron chi connectivity index (χ3n) is 5.56. The van der Waals surface area contributed by atoms with Crippen molar-refractivity contribution >= 4 is 5.91 Å². The molecule has 0 N–H and O–H groups in total. The average Bonchev–Trinajstić information content (AvgIpc) is 3.18. The van der Waals surface area contributed by atoms with Gasteiger partial charge in [-0.05, 0) is 54.7 Å². The highest BCUT2D eigenvalue weighted by Crippen LogP contribution is 2.43. The molecule has 0 bridgehead atoms. The van der Waals surface area contributed by atoms with Crippen LogP contribution in [0.4, 0.5) is 0 Å². The molecule has 1 aliphatic heterocycles. The van der Waals surface area contributed by atoms with Crippen LogP contribution in [0.3, 0.4) is 0 Å². The Bertz CT molecular complexity index is 671. The molecule has 23 heavy (non-hydrogen) atoms. The molecule has 118 valence electrons. The molecule has 1 aromatic heterocycles. The Morgan fingerprint density at radius 2 is 1.83 bits per heavy atom. The summed E-state index contributed by atoms with van der Waals surface area (Å²) in [6.45, 7) is 1.85. The average molecular weight is 306 g/mol. The Balaban J connectivity index is 1.44. The van der Waals surface area contributed by atoms with E-state index >= 15 is 0 Å². The van der Waals surface area contributed by atoms with E-state index < -0.39 is 0 Å². The van der Waals surface area contributed by atoms with Gasteiger partial charge < -0.3 is 4.90 Å². The number of likely N-dealkylation sites (tertiary alicyclic amines) is 1. The van der Waals surface area contributed by atoms with Gasteiger partial charge in [0.1, 0.15) is 0 Å². The van der Waals surface area contributed by atoms with E-state index in [1.807, 2.05) is 12.1 Å². The second kappa shape index (κ2) is 6.15. The Morgan fingerprint density at radius 3 is 2.61 bits per heavy atom. The second-order valence-electron chi connectivity index (χ2n) is 6.90. The van der Waals surface area contributed by atoms with E-state index in [9.17, 15) is 4.79 Å². The maximum atomic E-state index is 12.6. The number of hydrogen-bond donors (Lipinski definition) is 0. The van der Waals surface area contributed by atoms with Gasteiger partial charge in [0.05, 0.1) is 0 Å². The zero-order valence-corrected chi connectivity index (χ0v) is 13.3. The van der Waals surface area contributed by atoms with E-state index in [2.05, 4.69) is 40.2 Å². The summed E-state index contributed by atoms with van der Waals surface area (Å²) in [5.41, 5.74) is 2.19. The molecule has 1 aliphatic carbocycles. The normalized spacial score (nSPS) is 26.3. The predicted octanol–water partition coefficient (Wildman–Crippen LogP) is 3.42. The smallest absolute Gasteiger partial charge is 0.253 e. The molecule has 0 unspecified atom stereocenters. The molecule has 1 saturated carbocycles. The number of fused-ring (bicyclic) bond motifs is 1. The molecule has 4 rings (SSSR count). The largest absolute Gasteiger partial charge is 0.338 e. The van der Waals surface area contributed by atoms with E-state index in [0.717, 1.165) is 31.0 Å².